The van der Waals surface area contributed by atoms with Crippen LogP contribution in [0.5, 0.6) is 5.88 Å². The van der Waals surface area contributed by atoms with E-state index in [9.17, 15) is 0 Å². The van der Waals surface area contributed by atoms with Crippen molar-refractivity contribution in [1.82, 2.24) is 15.0 Å². The van der Waals surface area contributed by atoms with E-state index in [-0.39, 0.29) is 5.95 Å². The lowest BCUT2D eigenvalue weighted by atomic mass is 10.1. The molecule has 0 fully saturated rings. The third-order valence-electron chi connectivity index (χ3n) is 3.25. The summed E-state index contributed by atoms with van der Waals surface area (Å²) in [5.74, 6) is 1.70. The molecule has 6 heteroatoms. The van der Waals surface area contributed by atoms with Crippen LogP contribution in [-0.4, -0.2) is 35.7 Å². The molecule has 0 atom stereocenters. The van der Waals surface area contributed by atoms with Gasteiger partial charge < -0.3 is 15.4 Å². The Morgan fingerprint density at radius 2 is 2.16 bits per heavy atom. The lowest BCUT2D eigenvalue weighted by Gasteiger charge is -2.11. The third kappa shape index (κ3) is 2.05. The summed E-state index contributed by atoms with van der Waals surface area (Å²) in [6, 6.07) is 3.87. The van der Waals surface area contributed by atoms with Crippen LogP contribution in [0.3, 0.4) is 0 Å². The molecule has 0 unspecified atom stereocenters. The van der Waals surface area contributed by atoms with Gasteiger partial charge in [0.25, 0.3) is 0 Å². The molecule has 2 aromatic heterocycles. The highest BCUT2D eigenvalue weighted by Gasteiger charge is 2.18. The van der Waals surface area contributed by atoms with Crippen LogP contribution >= 0.6 is 0 Å². The molecule has 98 valence electrons. The Hall–Kier alpha value is -2.37. The maximum absolute atomic E-state index is 5.68. The van der Waals surface area contributed by atoms with Crippen LogP contribution in [0.25, 0.3) is 11.3 Å². The smallest absolute Gasteiger partial charge is 0.223 e. The first kappa shape index (κ1) is 11.7. The number of fused-ring (bicyclic) bond motifs is 1. The Morgan fingerprint density at radius 1 is 1.32 bits per heavy atom. The van der Waals surface area contributed by atoms with E-state index in [1.54, 1.807) is 13.2 Å². The second-order valence-electron chi connectivity index (χ2n) is 4.53. The standard InChI is InChI=1S/C13H15N5O/c1-18-4-3-8-5-9(7-15-12(8)18)10-6-11(19-2)17-13(14)16-10/h5-7H,3-4H2,1-2H3,(H2,14,16,17). The van der Waals surface area contributed by atoms with Gasteiger partial charge in [-0.2, -0.15) is 4.98 Å². The molecule has 3 heterocycles. The van der Waals surface area contributed by atoms with Gasteiger partial charge in [-0.3, -0.25) is 0 Å². The number of methoxy groups -OCH3 is 1. The Labute approximate surface area is 111 Å². The molecule has 0 saturated carbocycles. The summed E-state index contributed by atoms with van der Waals surface area (Å²) < 4.78 is 5.11. The zero-order valence-electron chi connectivity index (χ0n) is 10.9. The number of likely N-dealkylation sites (N-methyl/N-ethyl adjacent to an activating group) is 1. The molecule has 0 saturated heterocycles. The SMILES string of the molecule is COc1cc(-c2cnc3c(c2)CCN3C)nc(N)n1. The first-order valence-electron chi connectivity index (χ1n) is 6.06. The predicted octanol–water partition coefficient (Wildman–Crippen LogP) is 1.12. The van der Waals surface area contributed by atoms with Crippen molar-refractivity contribution in [2.45, 2.75) is 6.42 Å². The van der Waals surface area contributed by atoms with E-state index < -0.39 is 0 Å². The van der Waals surface area contributed by atoms with Crippen molar-refractivity contribution in [2.75, 3.05) is 31.3 Å². The van der Waals surface area contributed by atoms with Crippen molar-refractivity contribution < 1.29 is 4.74 Å². The topological polar surface area (TPSA) is 77.2 Å². The number of hydrogen-bond acceptors (Lipinski definition) is 6. The lowest BCUT2D eigenvalue weighted by molar-refractivity contribution is 0.398. The second-order valence-corrected chi connectivity index (χ2v) is 4.53. The molecule has 1 aliphatic rings. The van der Waals surface area contributed by atoms with Gasteiger partial charge in [0.15, 0.2) is 0 Å². The van der Waals surface area contributed by atoms with Gasteiger partial charge in [0.1, 0.15) is 5.82 Å². The monoisotopic (exact) mass is 257 g/mol. The zero-order chi connectivity index (χ0) is 13.4. The highest BCUT2D eigenvalue weighted by molar-refractivity contribution is 5.65. The summed E-state index contributed by atoms with van der Waals surface area (Å²) in [4.78, 5) is 14.8. The quantitative estimate of drug-likeness (QED) is 0.868. The molecule has 1 aliphatic heterocycles. The minimum Gasteiger partial charge on any atom is -0.481 e. The van der Waals surface area contributed by atoms with Crippen LogP contribution in [0.4, 0.5) is 11.8 Å². The molecular formula is C13H15N5O. The highest BCUT2D eigenvalue weighted by Crippen LogP contribution is 2.29. The summed E-state index contributed by atoms with van der Waals surface area (Å²) in [7, 11) is 3.60. The number of ether oxygens (including phenoxy) is 1. The summed E-state index contributed by atoms with van der Waals surface area (Å²) >= 11 is 0. The van der Waals surface area contributed by atoms with Crippen molar-refractivity contribution in [3.8, 4) is 17.1 Å². The molecule has 0 spiro atoms. The molecule has 0 amide bonds. The van der Waals surface area contributed by atoms with Crippen molar-refractivity contribution in [3.63, 3.8) is 0 Å². The van der Waals surface area contributed by atoms with E-state index >= 15 is 0 Å². The van der Waals surface area contributed by atoms with Gasteiger partial charge in [0.05, 0.1) is 12.8 Å². The minimum absolute atomic E-state index is 0.201. The number of nitrogens with two attached hydrogens (primary N) is 1. The largest absolute Gasteiger partial charge is 0.481 e. The average Bonchev–Trinajstić information content (AvgIpc) is 2.79. The first-order valence-corrected chi connectivity index (χ1v) is 6.06. The van der Waals surface area contributed by atoms with Crippen molar-refractivity contribution in [3.05, 3.63) is 23.9 Å². The van der Waals surface area contributed by atoms with Crippen molar-refractivity contribution in [2.24, 2.45) is 0 Å². The molecule has 2 aromatic rings. The van der Waals surface area contributed by atoms with Gasteiger partial charge in [-0.05, 0) is 18.1 Å². The average molecular weight is 257 g/mol. The van der Waals surface area contributed by atoms with Gasteiger partial charge in [0.2, 0.25) is 11.8 Å². The number of hydrogen-bond donors (Lipinski definition) is 1. The van der Waals surface area contributed by atoms with Crippen molar-refractivity contribution in [1.29, 1.82) is 0 Å². The maximum atomic E-state index is 5.68. The Balaban J connectivity index is 2.05. The van der Waals surface area contributed by atoms with E-state index in [0.29, 0.717) is 5.88 Å². The summed E-state index contributed by atoms with van der Waals surface area (Å²) in [5.41, 5.74) is 8.57. The van der Waals surface area contributed by atoms with Crippen LogP contribution in [0, 0.1) is 0 Å². The highest BCUT2D eigenvalue weighted by atomic mass is 16.5. The fraction of sp³-hybridized carbons (Fsp3) is 0.308. The van der Waals surface area contributed by atoms with E-state index in [1.807, 2.05) is 13.2 Å². The number of rotatable bonds is 2. The molecule has 0 radical (unpaired) electrons. The van der Waals surface area contributed by atoms with Gasteiger partial charge in [-0.15, -0.1) is 0 Å². The van der Waals surface area contributed by atoms with Crippen molar-refractivity contribution >= 4 is 11.8 Å². The van der Waals surface area contributed by atoms with Crippen LogP contribution in [-0.2, 0) is 6.42 Å². The number of nitrogens with zero attached hydrogens (tertiary/aromatic N) is 4. The third-order valence-corrected chi connectivity index (χ3v) is 3.25. The predicted molar refractivity (Wildman–Crippen MR) is 73.2 cm³/mol. The first-order chi connectivity index (χ1) is 9.17. The van der Waals surface area contributed by atoms with Crippen LogP contribution in [0.1, 0.15) is 5.56 Å². The fourth-order valence-corrected chi connectivity index (χ4v) is 2.26. The molecular weight excluding hydrogens is 242 g/mol. The number of aromatic nitrogens is 3. The molecule has 0 aromatic carbocycles. The minimum atomic E-state index is 0.201. The fourth-order valence-electron chi connectivity index (χ4n) is 2.26. The van der Waals surface area contributed by atoms with Gasteiger partial charge in [-0.25, -0.2) is 9.97 Å². The Bertz CT molecular complexity index is 628. The maximum Gasteiger partial charge on any atom is 0.223 e. The lowest BCUT2D eigenvalue weighted by Crippen LogP contribution is -2.13. The Morgan fingerprint density at radius 3 is 2.95 bits per heavy atom. The molecule has 0 aliphatic carbocycles. The van der Waals surface area contributed by atoms with E-state index in [4.69, 9.17) is 10.5 Å². The van der Waals surface area contributed by atoms with Crippen LogP contribution in [0.15, 0.2) is 18.3 Å². The van der Waals surface area contributed by atoms with Crippen LogP contribution in [0.2, 0.25) is 0 Å². The molecule has 6 nitrogen and oxygen atoms in total. The summed E-state index contributed by atoms with van der Waals surface area (Å²) in [5, 5.41) is 0. The van der Waals surface area contributed by atoms with Gasteiger partial charge in [0, 0.05) is 31.4 Å². The number of nitrogen functional groups attached to an aromatic ring is 1. The molecule has 19 heavy (non-hydrogen) atoms. The zero-order valence-corrected chi connectivity index (χ0v) is 10.9. The number of pyridine rings is 1. The molecule has 2 N–H and O–H groups in total. The normalized spacial score (nSPS) is 13.5. The second kappa shape index (κ2) is 4.38. The van der Waals surface area contributed by atoms with Crippen LogP contribution < -0.4 is 15.4 Å². The van der Waals surface area contributed by atoms with E-state index in [1.165, 1.54) is 5.56 Å². The van der Waals surface area contributed by atoms with E-state index in [2.05, 4.69) is 25.9 Å². The molecule has 3 rings (SSSR count). The Kier molecular flexibility index (Phi) is 2.70. The summed E-state index contributed by atoms with van der Waals surface area (Å²) in [6.07, 6.45) is 2.81. The number of anilines is 2. The summed E-state index contributed by atoms with van der Waals surface area (Å²) in [6.45, 7) is 1.00. The van der Waals surface area contributed by atoms with Gasteiger partial charge >= 0.3 is 0 Å². The van der Waals surface area contributed by atoms with Gasteiger partial charge in [-0.1, -0.05) is 0 Å². The molecule has 0 bridgehead atoms. The van der Waals surface area contributed by atoms with E-state index in [0.717, 1.165) is 30.0 Å².